The Morgan fingerprint density at radius 2 is 1.92 bits per heavy atom. The number of carbonyl (C=O) groups excluding carboxylic acids is 2. The number of fused-ring (bicyclic) bond motifs is 2. The van der Waals surface area contributed by atoms with E-state index in [1.54, 1.807) is 0 Å². The molecule has 0 aromatic rings. The van der Waals surface area contributed by atoms with Crippen molar-refractivity contribution < 1.29 is 22.8 Å². The van der Waals surface area contributed by atoms with E-state index in [2.05, 4.69) is 5.32 Å². The largest absolute Gasteiger partial charge is 0.396 e. The zero-order valence-electron chi connectivity index (χ0n) is 14.3. The van der Waals surface area contributed by atoms with Crippen molar-refractivity contribution in [3.8, 4) is 0 Å². The summed E-state index contributed by atoms with van der Waals surface area (Å²) in [5, 5.41) is 2.98. The molecule has 0 radical (unpaired) electrons. The van der Waals surface area contributed by atoms with Crippen molar-refractivity contribution >= 4 is 11.8 Å². The Kier molecular flexibility index (Phi) is 4.03. The first-order valence-electron chi connectivity index (χ1n) is 9.47. The van der Waals surface area contributed by atoms with E-state index in [0.717, 1.165) is 25.7 Å². The molecule has 7 heteroatoms. The molecule has 0 aromatic carbocycles. The Morgan fingerprint density at radius 1 is 1.16 bits per heavy atom. The van der Waals surface area contributed by atoms with E-state index in [9.17, 15) is 22.8 Å². The van der Waals surface area contributed by atoms with Crippen molar-refractivity contribution in [2.24, 2.45) is 23.2 Å². The molecule has 4 aliphatic rings. The van der Waals surface area contributed by atoms with E-state index in [4.69, 9.17) is 0 Å². The number of amides is 2. The van der Waals surface area contributed by atoms with Crippen molar-refractivity contribution in [2.45, 2.75) is 63.6 Å². The molecule has 0 bridgehead atoms. The third-order valence-corrected chi connectivity index (χ3v) is 7.15. The number of likely N-dealkylation sites (tertiary alicyclic amines) is 1. The second kappa shape index (κ2) is 5.88. The molecular formula is C18H25F3N2O2. The molecule has 2 amide bonds. The van der Waals surface area contributed by atoms with Gasteiger partial charge in [0.15, 0.2) is 0 Å². The van der Waals surface area contributed by atoms with E-state index in [1.165, 1.54) is 4.90 Å². The number of nitrogens with one attached hydrogen (secondary N) is 1. The molecule has 2 aliphatic heterocycles. The minimum Gasteiger partial charge on any atom is -0.353 e. The highest BCUT2D eigenvalue weighted by Crippen LogP contribution is 2.58. The summed E-state index contributed by atoms with van der Waals surface area (Å²) in [6.07, 6.45) is 0.922. The number of piperidine rings is 1. The molecule has 4 fully saturated rings. The maximum atomic E-state index is 13.7. The van der Waals surface area contributed by atoms with Crippen LogP contribution in [0.15, 0.2) is 0 Å². The zero-order valence-corrected chi connectivity index (χ0v) is 14.3. The fourth-order valence-corrected chi connectivity index (χ4v) is 5.86. The first-order chi connectivity index (χ1) is 11.8. The monoisotopic (exact) mass is 358 g/mol. The second-order valence-electron chi connectivity index (χ2n) is 8.39. The van der Waals surface area contributed by atoms with Crippen molar-refractivity contribution in [2.75, 3.05) is 13.1 Å². The van der Waals surface area contributed by atoms with Crippen LogP contribution < -0.4 is 5.32 Å². The number of carbonyl (C=O) groups is 2. The Hall–Kier alpha value is -1.27. The van der Waals surface area contributed by atoms with E-state index in [0.29, 0.717) is 12.8 Å². The SMILES string of the molecule is O=C1CC(C(=O)N2C[C@@H]3CCC[C@]3(C(F)(F)F)C2)C2CCCCC2N1. The van der Waals surface area contributed by atoms with Crippen LogP contribution >= 0.6 is 0 Å². The Labute approximate surface area is 145 Å². The van der Waals surface area contributed by atoms with Crippen LogP contribution in [0.4, 0.5) is 13.2 Å². The summed E-state index contributed by atoms with van der Waals surface area (Å²) in [6.45, 7) is -0.0106. The summed E-state index contributed by atoms with van der Waals surface area (Å²) in [5.41, 5.74) is -1.72. The zero-order chi connectivity index (χ0) is 17.8. The van der Waals surface area contributed by atoms with Crippen LogP contribution in [0, 0.1) is 23.2 Å². The fourth-order valence-electron chi connectivity index (χ4n) is 5.86. The average molecular weight is 358 g/mol. The van der Waals surface area contributed by atoms with Crippen molar-refractivity contribution in [3.05, 3.63) is 0 Å². The molecule has 0 spiro atoms. The number of nitrogens with zero attached hydrogens (tertiary/aromatic N) is 1. The van der Waals surface area contributed by atoms with Gasteiger partial charge in [0.25, 0.3) is 0 Å². The molecule has 25 heavy (non-hydrogen) atoms. The van der Waals surface area contributed by atoms with E-state index >= 15 is 0 Å². The molecule has 4 rings (SSSR count). The maximum Gasteiger partial charge on any atom is 0.396 e. The highest BCUT2D eigenvalue weighted by atomic mass is 19.4. The maximum absolute atomic E-state index is 13.7. The average Bonchev–Trinajstić information content (AvgIpc) is 3.11. The minimum absolute atomic E-state index is 0.0163. The number of hydrogen-bond acceptors (Lipinski definition) is 2. The van der Waals surface area contributed by atoms with Gasteiger partial charge in [-0.15, -0.1) is 0 Å². The van der Waals surface area contributed by atoms with Crippen LogP contribution in [0.5, 0.6) is 0 Å². The lowest BCUT2D eigenvalue weighted by atomic mass is 9.72. The van der Waals surface area contributed by atoms with Gasteiger partial charge in [-0.05, 0) is 37.5 Å². The fraction of sp³-hybridized carbons (Fsp3) is 0.889. The summed E-state index contributed by atoms with van der Waals surface area (Å²) in [5.74, 6) is -1.18. The first kappa shape index (κ1) is 17.2. The van der Waals surface area contributed by atoms with Crippen LogP contribution in [-0.2, 0) is 9.59 Å². The number of rotatable bonds is 1. The predicted molar refractivity (Wildman–Crippen MR) is 84.4 cm³/mol. The highest BCUT2D eigenvalue weighted by molar-refractivity contribution is 5.88. The van der Waals surface area contributed by atoms with Gasteiger partial charge in [0, 0.05) is 25.6 Å². The number of hydrogen-bond donors (Lipinski definition) is 1. The van der Waals surface area contributed by atoms with Crippen molar-refractivity contribution in [1.29, 1.82) is 0 Å². The third-order valence-electron chi connectivity index (χ3n) is 7.15. The molecule has 2 aliphatic carbocycles. The molecule has 1 N–H and O–H groups in total. The molecule has 2 saturated heterocycles. The van der Waals surface area contributed by atoms with Crippen LogP contribution in [0.1, 0.15) is 51.4 Å². The Bertz CT molecular complexity index is 579. The van der Waals surface area contributed by atoms with Gasteiger partial charge in [0.1, 0.15) is 0 Å². The topological polar surface area (TPSA) is 49.4 Å². The van der Waals surface area contributed by atoms with E-state index in [1.807, 2.05) is 0 Å². The standard InChI is InChI=1S/C18H25F3N2O2/c19-18(20,21)17-7-3-4-11(17)9-23(10-17)16(25)13-8-15(24)22-14-6-2-1-5-12(13)14/h11-14H,1-10H2,(H,22,24)/t11-,12?,13?,14?,17-/m0/s1. The van der Waals surface area contributed by atoms with Gasteiger partial charge in [-0.1, -0.05) is 19.3 Å². The van der Waals surface area contributed by atoms with Crippen LogP contribution in [0.2, 0.25) is 0 Å². The normalized spacial score (nSPS) is 41.2. The van der Waals surface area contributed by atoms with Gasteiger partial charge in [0.05, 0.1) is 11.3 Å². The molecule has 5 atom stereocenters. The summed E-state index contributed by atoms with van der Waals surface area (Å²) < 4.78 is 41.1. The Balaban J connectivity index is 1.54. The van der Waals surface area contributed by atoms with Crippen LogP contribution in [0.3, 0.4) is 0 Å². The summed E-state index contributed by atoms with van der Waals surface area (Å²) in [6, 6.07) is 0.0163. The molecule has 3 unspecified atom stereocenters. The molecule has 2 saturated carbocycles. The van der Waals surface area contributed by atoms with Crippen molar-refractivity contribution in [1.82, 2.24) is 10.2 Å². The lowest BCUT2D eigenvalue weighted by Gasteiger charge is -2.42. The van der Waals surface area contributed by atoms with Crippen LogP contribution in [-0.4, -0.2) is 42.0 Å². The summed E-state index contributed by atoms with van der Waals surface area (Å²) in [4.78, 5) is 26.5. The summed E-state index contributed by atoms with van der Waals surface area (Å²) in [7, 11) is 0. The first-order valence-corrected chi connectivity index (χ1v) is 9.47. The predicted octanol–water partition coefficient (Wildman–Crippen LogP) is 2.87. The number of halogens is 3. The quantitative estimate of drug-likeness (QED) is 0.784. The van der Waals surface area contributed by atoms with Crippen molar-refractivity contribution in [3.63, 3.8) is 0 Å². The third kappa shape index (κ3) is 2.65. The Morgan fingerprint density at radius 3 is 2.64 bits per heavy atom. The van der Waals surface area contributed by atoms with Gasteiger partial charge < -0.3 is 10.2 Å². The van der Waals surface area contributed by atoms with E-state index < -0.39 is 23.4 Å². The molecule has 4 nitrogen and oxygen atoms in total. The van der Waals surface area contributed by atoms with E-state index in [-0.39, 0.29) is 49.7 Å². The van der Waals surface area contributed by atoms with Gasteiger partial charge in [0.2, 0.25) is 11.8 Å². The smallest absolute Gasteiger partial charge is 0.353 e. The second-order valence-corrected chi connectivity index (χ2v) is 8.39. The lowest BCUT2D eigenvalue weighted by molar-refractivity contribution is -0.226. The van der Waals surface area contributed by atoms with Gasteiger partial charge in [-0.2, -0.15) is 13.2 Å². The molecule has 140 valence electrons. The molecular weight excluding hydrogens is 333 g/mol. The van der Waals surface area contributed by atoms with Gasteiger partial charge in [-0.3, -0.25) is 9.59 Å². The highest BCUT2D eigenvalue weighted by Gasteiger charge is 2.65. The van der Waals surface area contributed by atoms with Gasteiger partial charge in [-0.25, -0.2) is 0 Å². The summed E-state index contributed by atoms with van der Waals surface area (Å²) >= 11 is 0. The number of alkyl halides is 3. The van der Waals surface area contributed by atoms with Gasteiger partial charge >= 0.3 is 6.18 Å². The lowest BCUT2D eigenvalue weighted by Crippen LogP contribution is -2.55. The minimum atomic E-state index is -4.26. The molecule has 0 aromatic heterocycles. The molecule has 2 heterocycles. The van der Waals surface area contributed by atoms with Crippen LogP contribution in [0.25, 0.3) is 0 Å².